The van der Waals surface area contributed by atoms with Gasteiger partial charge < -0.3 is 19.1 Å². The summed E-state index contributed by atoms with van der Waals surface area (Å²) < 4.78 is 24.0. The van der Waals surface area contributed by atoms with Gasteiger partial charge in [-0.3, -0.25) is 0 Å². The Morgan fingerprint density at radius 1 is 1.46 bits per heavy atom. The minimum Gasteiger partial charge on any atom is -0.361 e. The van der Waals surface area contributed by atoms with Crippen LogP contribution in [0.15, 0.2) is 24.7 Å². The van der Waals surface area contributed by atoms with Crippen LogP contribution in [0.4, 0.5) is 0 Å². The van der Waals surface area contributed by atoms with Crippen molar-refractivity contribution >= 4 is 0 Å². The SMILES string of the molecule is CC=CN1C=CN(C)C1.[O-][Cl+2]([O-])O. The summed E-state index contributed by atoms with van der Waals surface area (Å²) in [5.74, 6) is 0. The first kappa shape index (κ1) is 12.2. The Labute approximate surface area is 80.6 Å². The highest BCUT2D eigenvalue weighted by Crippen LogP contribution is 2.02. The monoisotopic (exact) mass is 208 g/mol. The summed E-state index contributed by atoms with van der Waals surface area (Å²) in [6.45, 7) is 3.00. The van der Waals surface area contributed by atoms with Crippen LogP contribution < -0.4 is 9.32 Å². The molecular formula is C7H13ClN2O3. The van der Waals surface area contributed by atoms with E-state index in [1.807, 2.05) is 13.0 Å². The Morgan fingerprint density at radius 2 is 2.00 bits per heavy atom. The van der Waals surface area contributed by atoms with Gasteiger partial charge in [0.2, 0.25) is 0 Å². The lowest BCUT2D eigenvalue weighted by molar-refractivity contribution is -1.63. The van der Waals surface area contributed by atoms with Gasteiger partial charge in [0, 0.05) is 30.3 Å². The molecular weight excluding hydrogens is 196 g/mol. The van der Waals surface area contributed by atoms with E-state index in [0.717, 1.165) is 6.67 Å². The molecule has 1 rings (SSSR count). The molecule has 1 aliphatic heterocycles. The van der Waals surface area contributed by atoms with Crippen molar-refractivity contribution in [1.29, 1.82) is 0 Å². The minimum atomic E-state index is -2.60. The molecule has 5 nitrogen and oxygen atoms in total. The van der Waals surface area contributed by atoms with Crippen LogP contribution in [0.2, 0.25) is 0 Å². The first-order valence-electron chi connectivity index (χ1n) is 3.58. The van der Waals surface area contributed by atoms with Crippen molar-refractivity contribution in [2.75, 3.05) is 13.7 Å². The first-order valence-corrected chi connectivity index (χ1v) is 4.53. The number of halogens is 1. The van der Waals surface area contributed by atoms with Gasteiger partial charge in [-0.05, 0) is 6.92 Å². The lowest BCUT2D eigenvalue weighted by Crippen LogP contribution is -2.30. The Kier molecular flexibility index (Phi) is 6.34. The van der Waals surface area contributed by atoms with Crippen LogP contribution in [0.1, 0.15) is 6.92 Å². The Hall–Kier alpha value is -0.750. The van der Waals surface area contributed by atoms with Gasteiger partial charge in [-0.15, -0.1) is 0 Å². The molecule has 1 aliphatic rings. The van der Waals surface area contributed by atoms with E-state index in [4.69, 9.17) is 14.0 Å². The van der Waals surface area contributed by atoms with E-state index in [9.17, 15) is 0 Å². The maximum atomic E-state index is 8.52. The summed E-state index contributed by atoms with van der Waals surface area (Å²) in [6, 6.07) is 0. The molecule has 0 amide bonds. The van der Waals surface area contributed by atoms with Crippen molar-refractivity contribution in [3.8, 4) is 0 Å². The molecule has 6 heteroatoms. The second-order valence-corrected chi connectivity index (χ2v) is 2.80. The van der Waals surface area contributed by atoms with E-state index >= 15 is 0 Å². The van der Waals surface area contributed by atoms with Crippen LogP contribution in [-0.4, -0.2) is 28.2 Å². The van der Waals surface area contributed by atoms with Crippen LogP contribution in [0.5, 0.6) is 0 Å². The zero-order valence-corrected chi connectivity index (χ0v) is 8.31. The van der Waals surface area contributed by atoms with Gasteiger partial charge in [0.15, 0.2) is 0 Å². The summed E-state index contributed by atoms with van der Waals surface area (Å²) >= 11 is 0. The van der Waals surface area contributed by atoms with Gasteiger partial charge >= 0.3 is 0 Å². The number of nitrogens with zero attached hydrogens (tertiary/aromatic N) is 2. The lowest BCUT2D eigenvalue weighted by atomic mass is 10.6. The largest absolute Gasteiger partial charge is 0.361 e. The average Bonchev–Trinajstić information content (AvgIpc) is 2.35. The molecule has 0 fully saturated rings. The van der Waals surface area contributed by atoms with Crippen LogP contribution in [0.25, 0.3) is 0 Å². The second kappa shape index (κ2) is 6.73. The smallest absolute Gasteiger partial charge is 0.282 e. The fraction of sp³-hybridized carbons (Fsp3) is 0.429. The molecule has 1 N–H and O–H groups in total. The van der Waals surface area contributed by atoms with E-state index < -0.39 is 10.8 Å². The first-order chi connectivity index (χ1) is 6.06. The number of hydrogen-bond donors (Lipinski definition) is 1. The molecule has 13 heavy (non-hydrogen) atoms. The normalized spacial score (nSPS) is 15.5. The minimum absolute atomic E-state index is 0.977. The van der Waals surface area contributed by atoms with E-state index in [0.29, 0.717) is 0 Å². The van der Waals surface area contributed by atoms with Gasteiger partial charge in [-0.2, -0.15) is 0 Å². The second-order valence-electron chi connectivity index (χ2n) is 2.39. The molecule has 0 bridgehead atoms. The zero-order valence-electron chi connectivity index (χ0n) is 7.55. The molecule has 0 aliphatic carbocycles. The zero-order chi connectivity index (χ0) is 10.3. The van der Waals surface area contributed by atoms with Crippen LogP contribution in [-0.2, 0) is 0 Å². The molecule has 0 saturated heterocycles. The van der Waals surface area contributed by atoms with Crippen LogP contribution in [0, 0.1) is 10.8 Å². The van der Waals surface area contributed by atoms with Crippen molar-refractivity contribution < 1.29 is 24.8 Å². The van der Waals surface area contributed by atoms with Gasteiger partial charge in [-0.1, -0.05) is 6.08 Å². The maximum absolute atomic E-state index is 8.52. The molecule has 0 aromatic carbocycles. The molecule has 0 saturated carbocycles. The van der Waals surface area contributed by atoms with Gasteiger partial charge in [-0.25, -0.2) is 0 Å². The Bertz CT molecular complexity index is 182. The predicted molar refractivity (Wildman–Crippen MR) is 40.6 cm³/mol. The lowest BCUT2D eigenvalue weighted by Gasteiger charge is -2.12. The summed E-state index contributed by atoms with van der Waals surface area (Å²) in [6.07, 6.45) is 8.20. The van der Waals surface area contributed by atoms with E-state index in [2.05, 4.69) is 35.4 Å². The Morgan fingerprint density at radius 3 is 2.31 bits per heavy atom. The predicted octanol–water partition coefficient (Wildman–Crippen LogP) is -1.74. The van der Waals surface area contributed by atoms with Crippen LogP contribution in [0.3, 0.4) is 0 Å². The fourth-order valence-electron chi connectivity index (χ4n) is 0.840. The van der Waals surface area contributed by atoms with E-state index in [-0.39, 0.29) is 0 Å². The van der Waals surface area contributed by atoms with Crippen molar-refractivity contribution in [2.45, 2.75) is 6.92 Å². The van der Waals surface area contributed by atoms with Crippen molar-refractivity contribution in [2.24, 2.45) is 0 Å². The third kappa shape index (κ3) is 7.61. The summed E-state index contributed by atoms with van der Waals surface area (Å²) in [4.78, 5) is 4.25. The summed E-state index contributed by atoms with van der Waals surface area (Å²) in [7, 11) is -0.546. The molecule has 1 heterocycles. The Balaban J connectivity index is 0.000000310. The van der Waals surface area contributed by atoms with E-state index in [1.54, 1.807) is 0 Å². The quantitative estimate of drug-likeness (QED) is 0.554. The van der Waals surface area contributed by atoms with E-state index in [1.165, 1.54) is 0 Å². The number of hydrogen-bond acceptors (Lipinski definition) is 5. The average molecular weight is 209 g/mol. The highest BCUT2D eigenvalue weighted by molar-refractivity contribution is 4.95. The molecule has 0 spiro atoms. The van der Waals surface area contributed by atoms with Gasteiger partial charge in [0.05, 0.1) is 6.67 Å². The third-order valence-electron chi connectivity index (χ3n) is 1.24. The topological polar surface area (TPSA) is 72.8 Å². The number of rotatable bonds is 1. The van der Waals surface area contributed by atoms with Crippen LogP contribution >= 0.6 is 0 Å². The highest BCUT2D eigenvalue weighted by Gasteiger charge is 2.02. The van der Waals surface area contributed by atoms with Crippen molar-refractivity contribution in [1.82, 2.24) is 9.80 Å². The fourth-order valence-corrected chi connectivity index (χ4v) is 0.840. The third-order valence-corrected chi connectivity index (χ3v) is 1.24. The van der Waals surface area contributed by atoms with Gasteiger partial charge in [0.1, 0.15) is 0 Å². The van der Waals surface area contributed by atoms with Crippen molar-refractivity contribution in [3.05, 3.63) is 24.7 Å². The number of allylic oxidation sites excluding steroid dienone is 1. The van der Waals surface area contributed by atoms with Crippen molar-refractivity contribution in [3.63, 3.8) is 0 Å². The molecule has 0 aromatic rings. The standard InChI is InChI=1S/C7H12N2.ClHO3/c1-3-4-9-6-5-8(2)7-9;2-1(3)4/h3-6H,7H2,1-2H3;2H. The summed E-state index contributed by atoms with van der Waals surface area (Å²) in [5.41, 5.74) is 0. The molecule has 0 unspecified atom stereocenters. The highest BCUT2D eigenvalue weighted by atomic mass is 35.6. The molecule has 0 radical (unpaired) electrons. The molecule has 76 valence electrons. The molecule has 0 aromatic heterocycles. The maximum Gasteiger partial charge on any atom is 0.282 e. The van der Waals surface area contributed by atoms with Gasteiger partial charge in [0.25, 0.3) is 10.8 Å². The summed E-state index contributed by atoms with van der Waals surface area (Å²) in [5, 5.41) is 0. The molecule has 0 atom stereocenters.